The summed E-state index contributed by atoms with van der Waals surface area (Å²) < 4.78 is 27.8. The molecule has 0 aromatic heterocycles. The Labute approximate surface area is 133 Å². The summed E-state index contributed by atoms with van der Waals surface area (Å²) in [7, 11) is -3.46. The smallest absolute Gasteiger partial charge is 0.241 e. The molecule has 0 radical (unpaired) electrons. The Morgan fingerprint density at radius 2 is 2.05 bits per heavy atom. The summed E-state index contributed by atoms with van der Waals surface area (Å²) in [4.78, 5) is 0.383. The van der Waals surface area contributed by atoms with Crippen molar-refractivity contribution < 1.29 is 8.42 Å². The van der Waals surface area contributed by atoms with E-state index < -0.39 is 10.0 Å². The third-order valence-corrected chi connectivity index (χ3v) is 5.61. The molecule has 0 bridgehead atoms. The van der Waals surface area contributed by atoms with Gasteiger partial charge < -0.3 is 5.32 Å². The predicted octanol–water partition coefficient (Wildman–Crippen LogP) is 2.52. The van der Waals surface area contributed by atoms with E-state index in [9.17, 15) is 8.42 Å². The van der Waals surface area contributed by atoms with Crippen molar-refractivity contribution in [3.63, 3.8) is 0 Å². The highest BCUT2D eigenvalue weighted by molar-refractivity contribution is 7.98. The molecule has 2 N–H and O–H groups in total. The van der Waals surface area contributed by atoms with Crippen LogP contribution in [-0.4, -0.2) is 33.0 Å². The van der Waals surface area contributed by atoms with Crippen LogP contribution < -0.4 is 10.0 Å². The molecular formula is C15H26N2O2S2. The predicted molar refractivity (Wildman–Crippen MR) is 91.3 cm³/mol. The lowest BCUT2D eigenvalue weighted by Crippen LogP contribution is -2.33. The van der Waals surface area contributed by atoms with Gasteiger partial charge in [0.2, 0.25) is 10.0 Å². The molecule has 0 fully saturated rings. The molecule has 0 aliphatic carbocycles. The maximum Gasteiger partial charge on any atom is 0.241 e. The van der Waals surface area contributed by atoms with Gasteiger partial charge in [0, 0.05) is 12.6 Å². The minimum absolute atomic E-state index is 0.0562. The van der Waals surface area contributed by atoms with E-state index in [-0.39, 0.29) is 6.04 Å². The first-order chi connectivity index (χ1) is 9.90. The Balaban J connectivity index is 2.90. The van der Waals surface area contributed by atoms with E-state index in [1.807, 2.05) is 39.2 Å². The molecule has 0 heterocycles. The van der Waals surface area contributed by atoms with E-state index in [0.29, 0.717) is 11.4 Å². The fraction of sp³-hybridized carbons (Fsp3) is 0.600. The van der Waals surface area contributed by atoms with Crippen LogP contribution in [0.2, 0.25) is 0 Å². The number of sulfonamides is 1. The van der Waals surface area contributed by atoms with Gasteiger partial charge in [-0.05, 0) is 56.0 Å². The van der Waals surface area contributed by atoms with Crippen LogP contribution in [-0.2, 0) is 16.6 Å². The number of hydrogen-bond acceptors (Lipinski definition) is 4. The Hall–Kier alpha value is -0.560. The second kappa shape index (κ2) is 8.78. The van der Waals surface area contributed by atoms with Crippen molar-refractivity contribution in [1.82, 2.24) is 10.0 Å². The van der Waals surface area contributed by atoms with Gasteiger partial charge >= 0.3 is 0 Å². The van der Waals surface area contributed by atoms with Crippen molar-refractivity contribution in [2.75, 3.05) is 18.6 Å². The summed E-state index contributed by atoms with van der Waals surface area (Å²) in [5, 5.41) is 3.21. The molecule has 1 rings (SSSR count). The second-order valence-corrected chi connectivity index (χ2v) is 7.85. The number of hydrogen-bond donors (Lipinski definition) is 2. The molecule has 4 nitrogen and oxygen atoms in total. The number of rotatable bonds is 9. The highest BCUT2D eigenvalue weighted by atomic mass is 32.2. The van der Waals surface area contributed by atoms with Gasteiger partial charge in [0.05, 0.1) is 4.90 Å². The van der Waals surface area contributed by atoms with Crippen molar-refractivity contribution >= 4 is 21.8 Å². The lowest BCUT2D eigenvalue weighted by molar-refractivity contribution is 0.556. The maximum atomic E-state index is 12.5. The molecule has 1 aromatic carbocycles. The zero-order valence-electron chi connectivity index (χ0n) is 13.3. The summed E-state index contributed by atoms with van der Waals surface area (Å²) in [6.45, 7) is 7.31. The molecule has 0 saturated heterocycles. The molecule has 6 heteroatoms. The van der Waals surface area contributed by atoms with Gasteiger partial charge in [-0.1, -0.05) is 19.1 Å². The number of benzene rings is 1. The first kappa shape index (κ1) is 18.5. The number of thioether (sulfide) groups is 1. The number of aryl methyl sites for hydroxylation is 1. The van der Waals surface area contributed by atoms with Crippen LogP contribution in [0.5, 0.6) is 0 Å². The average Bonchev–Trinajstić information content (AvgIpc) is 2.43. The normalized spacial score (nSPS) is 13.3. The third-order valence-electron chi connectivity index (χ3n) is 3.23. The first-order valence-corrected chi connectivity index (χ1v) is 10.1. The van der Waals surface area contributed by atoms with Crippen molar-refractivity contribution in [2.45, 2.75) is 44.7 Å². The van der Waals surface area contributed by atoms with Crippen LogP contribution in [0.15, 0.2) is 23.1 Å². The summed E-state index contributed by atoms with van der Waals surface area (Å²) in [6.07, 6.45) is 2.85. The summed E-state index contributed by atoms with van der Waals surface area (Å²) >= 11 is 1.72. The molecule has 1 aromatic rings. The first-order valence-electron chi connectivity index (χ1n) is 7.22. The van der Waals surface area contributed by atoms with E-state index in [4.69, 9.17) is 0 Å². The Morgan fingerprint density at radius 3 is 2.67 bits per heavy atom. The molecule has 0 aliphatic heterocycles. The van der Waals surface area contributed by atoms with Gasteiger partial charge in [-0.25, -0.2) is 13.1 Å². The van der Waals surface area contributed by atoms with E-state index in [1.165, 1.54) is 0 Å². The van der Waals surface area contributed by atoms with Crippen molar-refractivity contribution in [3.8, 4) is 0 Å². The highest BCUT2D eigenvalue weighted by Crippen LogP contribution is 2.18. The van der Waals surface area contributed by atoms with Gasteiger partial charge in [-0.15, -0.1) is 0 Å². The van der Waals surface area contributed by atoms with Crippen molar-refractivity contribution in [2.24, 2.45) is 0 Å². The maximum absolute atomic E-state index is 12.5. The van der Waals surface area contributed by atoms with E-state index in [1.54, 1.807) is 17.8 Å². The molecule has 0 saturated carbocycles. The van der Waals surface area contributed by atoms with Crippen LogP contribution in [0, 0.1) is 6.92 Å². The minimum Gasteiger partial charge on any atom is -0.313 e. The van der Waals surface area contributed by atoms with Gasteiger partial charge in [-0.2, -0.15) is 11.8 Å². The standard InChI is InChI=1S/C15H26N2O2S2/c1-5-16-11-14-7-6-12(2)15(10-14)21(18,19)17-13(3)8-9-20-4/h6-7,10,13,16-17H,5,8-9,11H2,1-4H3. The fourth-order valence-corrected chi connectivity index (χ4v) is 4.16. The van der Waals surface area contributed by atoms with E-state index in [2.05, 4.69) is 10.0 Å². The molecule has 0 aliphatic rings. The van der Waals surface area contributed by atoms with Gasteiger partial charge in [0.1, 0.15) is 0 Å². The van der Waals surface area contributed by atoms with Gasteiger partial charge in [0.25, 0.3) is 0 Å². The quantitative estimate of drug-likeness (QED) is 0.730. The largest absolute Gasteiger partial charge is 0.313 e. The van der Waals surface area contributed by atoms with E-state index >= 15 is 0 Å². The zero-order valence-corrected chi connectivity index (χ0v) is 14.9. The molecule has 21 heavy (non-hydrogen) atoms. The molecule has 120 valence electrons. The van der Waals surface area contributed by atoms with Crippen LogP contribution in [0.4, 0.5) is 0 Å². The fourth-order valence-electron chi connectivity index (χ4n) is 2.00. The van der Waals surface area contributed by atoms with Gasteiger partial charge in [-0.3, -0.25) is 0 Å². The third kappa shape index (κ3) is 5.98. The zero-order chi connectivity index (χ0) is 15.9. The minimum atomic E-state index is -3.46. The van der Waals surface area contributed by atoms with Crippen molar-refractivity contribution in [3.05, 3.63) is 29.3 Å². The monoisotopic (exact) mass is 330 g/mol. The number of nitrogens with one attached hydrogen (secondary N) is 2. The van der Waals surface area contributed by atoms with Crippen LogP contribution in [0.3, 0.4) is 0 Å². The SMILES string of the molecule is CCNCc1ccc(C)c(S(=O)(=O)NC(C)CCSC)c1. The van der Waals surface area contributed by atoms with Crippen LogP contribution in [0.25, 0.3) is 0 Å². The van der Waals surface area contributed by atoms with Crippen molar-refractivity contribution in [1.29, 1.82) is 0 Å². The summed E-state index contributed by atoms with van der Waals surface area (Å²) in [6, 6.07) is 5.54. The second-order valence-electron chi connectivity index (χ2n) is 5.18. The Morgan fingerprint density at radius 1 is 1.33 bits per heavy atom. The summed E-state index contributed by atoms with van der Waals surface area (Å²) in [5.41, 5.74) is 1.76. The molecule has 0 spiro atoms. The Bertz CT molecular complexity index is 545. The lowest BCUT2D eigenvalue weighted by Gasteiger charge is -2.16. The van der Waals surface area contributed by atoms with Crippen LogP contribution >= 0.6 is 11.8 Å². The topological polar surface area (TPSA) is 58.2 Å². The van der Waals surface area contributed by atoms with Gasteiger partial charge in [0.15, 0.2) is 0 Å². The molecule has 0 amide bonds. The summed E-state index contributed by atoms with van der Waals surface area (Å²) in [5.74, 6) is 0.948. The molecular weight excluding hydrogens is 304 g/mol. The molecule has 1 atom stereocenters. The Kier molecular flexibility index (Phi) is 7.73. The molecule has 1 unspecified atom stereocenters. The lowest BCUT2D eigenvalue weighted by atomic mass is 10.1. The average molecular weight is 331 g/mol. The van der Waals surface area contributed by atoms with Crippen LogP contribution in [0.1, 0.15) is 31.4 Å². The van der Waals surface area contributed by atoms with E-state index in [0.717, 1.165) is 29.8 Å². The highest BCUT2D eigenvalue weighted by Gasteiger charge is 2.19.